The average molecular weight is 194 g/mol. The van der Waals surface area contributed by atoms with Crippen LogP contribution in [-0.2, 0) is 16.0 Å². The van der Waals surface area contributed by atoms with E-state index in [1.54, 1.807) is 25.1 Å². The van der Waals surface area contributed by atoms with Crippen LogP contribution in [0.4, 0.5) is 0 Å². The summed E-state index contributed by atoms with van der Waals surface area (Å²) in [7, 11) is 0. The Morgan fingerprint density at radius 3 is 2.86 bits per heavy atom. The quantitative estimate of drug-likeness (QED) is 0.746. The molecule has 0 spiro atoms. The maximum atomic E-state index is 11.2. The Kier molecular flexibility index (Phi) is 3.51. The van der Waals surface area contributed by atoms with Crippen molar-refractivity contribution in [1.29, 1.82) is 0 Å². The number of aromatic hydroxyl groups is 1. The summed E-state index contributed by atoms with van der Waals surface area (Å²) in [6, 6.07) is 4.97. The molecule has 0 unspecified atom stereocenters. The molecule has 1 rings (SSSR count). The molecular weight excluding hydrogens is 180 g/mol. The number of benzene rings is 1. The van der Waals surface area contributed by atoms with Crippen LogP contribution in [0.5, 0.6) is 5.75 Å². The first-order valence-corrected chi connectivity index (χ1v) is 4.57. The number of phenols is 1. The van der Waals surface area contributed by atoms with E-state index < -0.39 is 0 Å². The molecule has 0 aliphatic carbocycles. The van der Waals surface area contributed by atoms with Crippen molar-refractivity contribution in [3.63, 3.8) is 0 Å². The lowest BCUT2D eigenvalue weighted by atomic mass is 10.1. The first kappa shape index (κ1) is 10.6. The fourth-order valence-electron chi connectivity index (χ4n) is 1.22. The Hall–Kier alpha value is -1.51. The van der Waals surface area contributed by atoms with Crippen LogP contribution in [0.2, 0.25) is 0 Å². The van der Waals surface area contributed by atoms with Crippen LogP contribution in [0.25, 0.3) is 0 Å². The van der Waals surface area contributed by atoms with Gasteiger partial charge in [-0.2, -0.15) is 0 Å². The summed E-state index contributed by atoms with van der Waals surface area (Å²) in [5.41, 5.74) is 1.79. The molecule has 76 valence electrons. The summed E-state index contributed by atoms with van der Waals surface area (Å²) in [5, 5.41) is 9.23. The van der Waals surface area contributed by atoms with Crippen molar-refractivity contribution in [2.45, 2.75) is 20.3 Å². The van der Waals surface area contributed by atoms with Crippen LogP contribution in [0.3, 0.4) is 0 Å². The SMILES string of the molecule is CCOC(=O)Cc1cc(O)ccc1C. The molecule has 3 nitrogen and oxygen atoms in total. The molecule has 1 N–H and O–H groups in total. The highest BCUT2D eigenvalue weighted by molar-refractivity contribution is 5.73. The van der Waals surface area contributed by atoms with Crippen molar-refractivity contribution in [1.82, 2.24) is 0 Å². The third kappa shape index (κ3) is 2.76. The highest BCUT2D eigenvalue weighted by atomic mass is 16.5. The molecule has 3 heteroatoms. The first-order valence-electron chi connectivity index (χ1n) is 4.57. The summed E-state index contributed by atoms with van der Waals surface area (Å²) in [6.45, 7) is 4.05. The summed E-state index contributed by atoms with van der Waals surface area (Å²) < 4.78 is 4.82. The lowest BCUT2D eigenvalue weighted by molar-refractivity contribution is -0.142. The number of aryl methyl sites for hydroxylation is 1. The lowest BCUT2D eigenvalue weighted by Gasteiger charge is -2.05. The van der Waals surface area contributed by atoms with Crippen LogP contribution in [-0.4, -0.2) is 17.7 Å². The van der Waals surface area contributed by atoms with E-state index in [9.17, 15) is 9.90 Å². The smallest absolute Gasteiger partial charge is 0.310 e. The van der Waals surface area contributed by atoms with Gasteiger partial charge in [-0.15, -0.1) is 0 Å². The molecule has 0 aromatic heterocycles. The van der Waals surface area contributed by atoms with Gasteiger partial charge >= 0.3 is 5.97 Å². The highest BCUT2D eigenvalue weighted by Gasteiger charge is 2.06. The van der Waals surface area contributed by atoms with E-state index >= 15 is 0 Å². The van der Waals surface area contributed by atoms with Crippen molar-refractivity contribution < 1.29 is 14.6 Å². The number of ether oxygens (including phenoxy) is 1. The molecule has 0 fully saturated rings. The zero-order valence-electron chi connectivity index (χ0n) is 8.41. The van der Waals surface area contributed by atoms with Gasteiger partial charge < -0.3 is 9.84 Å². The maximum Gasteiger partial charge on any atom is 0.310 e. The standard InChI is InChI=1S/C11H14O3/c1-3-14-11(13)7-9-6-10(12)5-4-8(9)2/h4-6,12H,3,7H2,1-2H3. The molecule has 0 saturated heterocycles. The second-order valence-corrected chi connectivity index (χ2v) is 3.09. The molecular formula is C11H14O3. The van der Waals surface area contributed by atoms with E-state index in [0.29, 0.717) is 6.61 Å². The molecule has 1 aromatic rings. The van der Waals surface area contributed by atoms with Gasteiger partial charge in [-0.05, 0) is 37.1 Å². The van der Waals surface area contributed by atoms with Gasteiger partial charge in [0.2, 0.25) is 0 Å². The van der Waals surface area contributed by atoms with E-state index in [0.717, 1.165) is 11.1 Å². The highest BCUT2D eigenvalue weighted by Crippen LogP contribution is 2.16. The third-order valence-corrected chi connectivity index (χ3v) is 1.97. The minimum Gasteiger partial charge on any atom is -0.508 e. The molecule has 0 aliphatic rings. The number of rotatable bonds is 3. The number of carbonyl (C=O) groups excluding carboxylic acids is 1. The van der Waals surface area contributed by atoms with Crippen molar-refractivity contribution in [3.05, 3.63) is 29.3 Å². The Bertz CT molecular complexity index is 331. The number of hydrogen-bond acceptors (Lipinski definition) is 3. The van der Waals surface area contributed by atoms with Gasteiger partial charge in [0.15, 0.2) is 0 Å². The summed E-state index contributed by atoms with van der Waals surface area (Å²) in [5.74, 6) is -0.0869. The van der Waals surface area contributed by atoms with Crippen molar-refractivity contribution in [2.75, 3.05) is 6.61 Å². The van der Waals surface area contributed by atoms with E-state index in [1.807, 2.05) is 6.92 Å². The van der Waals surface area contributed by atoms with E-state index in [4.69, 9.17) is 4.74 Å². The number of carbonyl (C=O) groups is 1. The molecule has 0 atom stereocenters. The van der Waals surface area contributed by atoms with Crippen LogP contribution in [0, 0.1) is 6.92 Å². The average Bonchev–Trinajstić information content (AvgIpc) is 2.12. The number of esters is 1. The molecule has 1 aromatic carbocycles. The minimum atomic E-state index is -0.263. The van der Waals surface area contributed by atoms with Gasteiger partial charge in [0.25, 0.3) is 0 Å². The lowest BCUT2D eigenvalue weighted by Crippen LogP contribution is -2.08. The predicted molar refractivity (Wildman–Crippen MR) is 53.2 cm³/mol. The molecule has 0 amide bonds. The van der Waals surface area contributed by atoms with Crippen LogP contribution in [0.1, 0.15) is 18.1 Å². The van der Waals surface area contributed by atoms with Crippen LogP contribution >= 0.6 is 0 Å². The summed E-state index contributed by atoms with van der Waals surface area (Å²) >= 11 is 0. The predicted octanol–water partition coefficient (Wildman–Crippen LogP) is 1.81. The summed E-state index contributed by atoms with van der Waals surface area (Å²) in [4.78, 5) is 11.2. The van der Waals surface area contributed by atoms with Gasteiger partial charge in [0.1, 0.15) is 5.75 Å². The van der Waals surface area contributed by atoms with Crippen molar-refractivity contribution in [2.24, 2.45) is 0 Å². The molecule has 0 radical (unpaired) electrons. The van der Waals surface area contributed by atoms with Crippen LogP contribution in [0.15, 0.2) is 18.2 Å². The zero-order valence-corrected chi connectivity index (χ0v) is 8.41. The second-order valence-electron chi connectivity index (χ2n) is 3.09. The molecule has 14 heavy (non-hydrogen) atoms. The van der Waals surface area contributed by atoms with Gasteiger partial charge in [-0.25, -0.2) is 0 Å². The fourth-order valence-corrected chi connectivity index (χ4v) is 1.22. The van der Waals surface area contributed by atoms with Gasteiger partial charge in [-0.3, -0.25) is 4.79 Å². The zero-order chi connectivity index (χ0) is 10.6. The van der Waals surface area contributed by atoms with Crippen molar-refractivity contribution >= 4 is 5.97 Å². The monoisotopic (exact) mass is 194 g/mol. The normalized spacial score (nSPS) is 9.86. The minimum absolute atomic E-state index is 0.176. The van der Waals surface area contributed by atoms with Crippen molar-refractivity contribution in [3.8, 4) is 5.75 Å². The first-order chi connectivity index (χ1) is 6.63. The largest absolute Gasteiger partial charge is 0.508 e. The van der Waals surface area contributed by atoms with E-state index in [2.05, 4.69) is 0 Å². The van der Waals surface area contributed by atoms with E-state index in [1.165, 1.54) is 0 Å². The van der Waals surface area contributed by atoms with Gasteiger partial charge in [-0.1, -0.05) is 6.07 Å². The molecule has 0 heterocycles. The molecule has 0 bridgehead atoms. The third-order valence-electron chi connectivity index (χ3n) is 1.97. The van der Waals surface area contributed by atoms with Crippen LogP contribution < -0.4 is 0 Å². The second kappa shape index (κ2) is 4.65. The number of hydrogen-bond donors (Lipinski definition) is 1. The number of phenolic OH excluding ortho intramolecular Hbond substituents is 1. The topological polar surface area (TPSA) is 46.5 Å². The molecule has 0 aliphatic heterocycles. The Morgan fingerprint density at radius 1 is 1.50 bits per heavy atom. The summed E-state index contributed by atoms with van der Waals surface area (Å²) in [6.07, 6.45) is 0.216. The van der Waals surface area contributed by atoms with Gasteiger partial charge in [0, 0.05) is 0 Å². The van der Waals surface area contributed by atoms with E-state index in [-0.39, 0.29) is 18.1 Å². The maximum absolute atomic E-state index is 11.2. The Labute approximate surface area is 83.3 Å². The Morgan fingerprint density at radius 2 is 2.21 bits per heavy atom. The Balaban J connectivity index is 2.75. The molecule has 0 saturated carbocycles. The fraction of sp³-hybridized carbons (Fsp3) is 0.364. The van der Waals surface area contributed by atoms with Gasteiger partial charge in [0.05, 0.1) is 13.0 Å².